The second-order valence-electron chi connectivity index (χ2n) is 3.12. The molecule has 0 radical (unpaired) electrons. The molecular weight excluding hydrogens is 202 g/mol. The van der Waals surface area contributed by atoms with Gasteiger partial charge in [0.2, 0.25) is 0 Å². The van der Waals surface area contributed by atoms with E-state index < -0.39 is 12.0 Å². The summed E-state index contributed by atoms with van der Waals surface area (Å²) >= 11 is 0. The summed E-state index contributed by atoms with van der Waals surface area (Å²) in [5.41, 5.74) is 7.68. The molecule has 0 saturated heterocycles. The third kappa shape index (κ3) is 3.77. The average Bonchev–Trinajstić information content (AvgIpc) is 2.04. The van der Waals surface area contributed by atoms with Crippen LogP contribution in [0.5, 0.6) is 0 Å². The maximum Gasteiger partial charge on any atom is 0.305 e. The van der Waals surface area contributed by atoms with Crippen LogP contribution in [0.25, 0.3) is 0 Å². The van der Waals surface area contributed by atoms with Gasteiger partial charge in [0.25, 0.3) is 0 Å². The molecule has 1 aromatic rings. The molecule has 0 saturated carbocycles. The van der Waals surface area contributed by atoms with E-state index in [1.54, 1.807) is 0 Å². The summed E-state index contributed by atoms with van der Waals surface area (Å²) in [6, 6.07) is 7.18. The van der Waals surface area contributed by atoms with Crippen molar-refractivity contribution in [1.82, 2.24) is 0 Å². The molecule has 0 fully saturated rings. The zero-order valence-corrected chi connectivity index (χ0v) is 8.75. The number of aliphatic carboxylic acids is 1. The van der Waals surface area contributed by atoms with E-state index >= 15 is 0 Å². The molecule has 0 aliphatic carbocycles. The minimum Gasteiger partial charge on any atom is -0.481 e. The van der Waals surface area contributed by atoms with E-state index in [9.17, 15) is 4.79 Å². The number of hydrogen-bond donors (Lipinski definition) is 2. The van der Waals surface area contributed by atoms with Crippen LogP contribution in [0.3, 0.4) is 0 Å². The summed E-state index contributed by atoms with van der Waals surface area (Å²) in [5.74, 6) is -0.868. The van der Waals surface area contributed by atoms with Crippen LogP contribution in [0.2, 0.25) is 0 Å². The third-order valence-corrected chi connectivity index (χ3v) is 1.90. The summed E-state index contributed by atoms with van der Waals surface area (Å²) in [6.45, 7) is 1.98. The molecule has 3 N–H and O–H groups in total. The minimum absolute atomic E-state index is 0. The lowest BCUT2D eigenvalue weighted by Gasteiger charge is -2.08. The van der Waals surface area contributed by atoms with Gasteiger partial charge in [-0.3, -0.25) is 4.79 Å². The van der Waals surface area contributed by atoms with Crippen molar-refractivity contribution in [1.29, 1.82) is 0 Å². The Balaban J connectivity index is 0.00000169. The average molecular weight is 216 g/mol. The van der Waals surface area contributed by atoms with Crippen molar-refractivity contribution in [3.63, 3.8) is 0 Å². The smallest absolute Gasteiger partial charge is 0.305 e. The normalized spacial score (nSPS) is 11.6. The van der Waals surface area contributed by atoms with E-state index in [4.69, 9.17) is 10.8 Å². The Hall–Kier alpha value is -1.06. The fraction of sp³-hybridized carbons (Fsp3) is 0.300. The number of nitrogens with two attached hydrogens (primary N) is 1. The van der Waals surface area contributed by atoms with Gasteiger partial charge in [-0.05, 0) is 12.5 Å². The van der Waals surface area contributed by atoms with Gasteiger partial charge in [0, 0.05) is 6.04 Å². The first-order valence-electron chi connectivity index (χ1n) is 4.13. The highest BCUT2D eigenvalue weighted by Crippen LogP contribution is 2.14. The first-order chi connectivity index (χ1) is 6.09. The zero-order chi connectivity index (χ0) is 9.84. The number of carboxylic acids is 1. The Kier molecular flexibility index (Phi) is 5.20. The second-order valence-corrected chi connectivity index (χ2v) is 3.12. The first-order valence-corrected chi connectivity index (χ1v) is 4.13. The van der Waals surface area contributed by atoms with Gasteiger partial charge in [0.05, 0.1) is 6.42 Å². The molecule has 0 amide bonds. The Morgan fingerprint density at radius 1 is 1.43 bits per heavy atom. The Labute approximate surface area is 89.3 Å². The number of halogens is 1. The Morgan fingerprint density at radius 2 is 1.93 bits per heavy atom. The van der Waals surface area contributed by atoms with Crippen molar-refractivity contribution in [2.24, 2.45) is 5.73 Å². The fourth-order valence-electron chi connectivity index (χ4n) is 1.12. The number of benzene rings is 1. The monoisotopic (exact) mass is 215 g/mol. The predicted molar refractivity (Wildman–Crippen MR) is 57.6 cm³/mol. The van der Waals surface area contributed by atoms with Gasteiger partial charge in [-0.2, -0.15) is 0 Å². The number of hydrogen-bond acceptors (Lipinski definition) is 2. The van der Waals surface area contributed by atoms with Gasteiger partial charge in [-0.15, -0.1) is 12.4 Å². The van der Waals surface area contributed by atoms with Crippen molar-refractivity contribution in [3.05, 3.63) is 35.4 Å². The van der Waals surface area contributed by atoms with Crippen molar-refractivity contribution in [3.8, 4) is 0 Å². The maximum atomic E-state index is 10.4. The van der Waals surface area contributed by atoms with Crippen molar-refractivity contribution >= 4 is 18.4 Å². The Morgan fingerprint density at radius 3 is 2.36 bits per heavy atom. The molecular formula is C10H14ClNO2. The van der Waals surface area contributed by atoms with Gasteiger partial charge < -0.3 is 10.8 Å². The summed E-state index contributed by atoms with van der Waals surface area (Å²) in [7, 11) is 0. The lowest BCUT2D eigenvalue weighted by Crippen LogP contribution is -2.14. The summed E-state index contributed by atoms with van der Waals surface area (Å²) < 4.78 is 0. The van der Waals surface area contributed by atoms with Crippen LogP contribution in [0, 0.1) is 6.92 Å². The Bertz CT molecular complexity index is 297. The molecule has 0 aliphatic rings. The number of aryl methyl sites for hydroxylation is 1. The summed E-state index contributed by atoms with van der Waals surface area (Å²) in [5, 5.41) is 8.52. The molecule has 3 nitrogen and oxygen atoms in total. The molecule has 14 heavy (non-hydrogen) atoms. The zero-order valence-electron chi connectivity index (χ0n) is 7.93. The summed E-state index contributed by atoms with van der Waals surface area (Å²) in [6.07, 6.45) is -0.0247. The van der Waals surface area contributed by atoms with Gasteiger partial charge in [-0.1, -0.05) is 29.8 Å². The topological polar surface area (TPSA) is 63.3 Å². The molecule has 0 unspecified atom stereocenters. The van der Waals surface area contributed by atoms with Crippen molar-refractivity contribution in [2.45, 2.75) is 19.4 Å². The van der Waals surface area contributed by atoms with E-state index in [2.05, 4.69) is 0 Å². The highest BCUT2D eigenvalue weighted by Gasteiger charge is 2.09. The van der Waals surface area contributed by atoms with Crippen LogP contribution in [0.4, 0.5) is 0 Å². The third-order valence-electron chi connectivity index (χ3n) is 1.90. The summed E-state index contributed by atoms with van der Waals surface area (Å²) in [4.78, 5) is 10.4. The maximum absolute atomic E-state index is 10.4. The number of carbonyl (C=O) groups is 1. The quantitative estimate of drug-likeness (QED) is 0.810. The minimum atomic E-state index is -0.868. The van der Waals surface area contributed by atoms with Gasteiger partial charge in [-0.25, -0.2) is 0 Å². The van der Waals surface area contributed by atoms with Crippen LogP contribution < -0.4 is 5.73 Å². The van der Waals surface area contributed by atoms with E-state index in [-0.39, 0.29) is 18.8 Å². The number of carboxylic acid groups (broad SMARTS) is 1. The van der Waals surface area contributed by atoms with Crippen molar-refractivity contribution < 1.29 is 9.90 Å². The van der Waals surface area contributed by atoms with Crippen LogP contribution in [-0.2, 0) is 4.79 Å². The second kappa shape index (κ2) is 5.62. The molecule has 4 heteroatoms. The SMILES string of the molecule is Cc1ccc([C@@H](N)CC(=O)O)cc1.Cl. The van der Waals surface area contributed by atoms with E-state index in [1.807, 2.05) is 31.2 Å². The predicted octanol–water partition coefficient (Wildman–Crippen LogP) is 1.89. The molecule has 0 aliphatic heterocycles. The lowest BCUT2D eigenvalue weighted by atomic mass is 10.0. The van der Waals surface area contributed by atoms with Crippen LogP contribution >= 0.6 is 12.4 Å². The molecule has 0 aromatic heterocycles. The highest BCUT2D eigenvalue weighted by atomic mass is 35.5. The highest BCUT2D eigenvalue weighted by molar-refractivity contribution is 5.85. The van der Waals surface area contributed by atoms with Crippen LogP contribution in [0.1, 0.15) is 23.6 Å². The largest absolute Gasteiger partial charge is 0.481 e. The first kappa shape index (κ1) is 12.9. The number of rotatable bonds is 3. The molecule has 1 atom stereocenters. The molecule has 0 heterocycles. The van der Waals surface area contributed by atoms with Crippen LogP contribution in [0.15, 0.2) is 24.3 Å². The molecule has 0 spiro atoms. The van der Waals surface area contributed by atoms with E-state index in [0.29, 0.717) is 0 Å². The fourth-order valence-corrected chi connectivity index (χ4v) is 1.12. The van der Waals surface area contributed by atoms with Crippen molar-refractivity contribution in [2.75, 3.05) is 0 Å². The lowest BCUT2D eigenvalue weighted by molar-refractivity contribution is -0.137. The van der Waals surface area contributed by atoms with Gasteiger partial charge in [0.1, 0.15) is 0 Å². The molecule has 1 aromatic carbocycles. The van der Waals surface area contributed by atoms with E-state index in [1.165, 1.54) is 0 Å². The van der Waals surface area contributed by atoms with Crippen LogP contribution in [-0.4, -0.2) is 11.1 Å². The molecule has 0 bridgehead atoms. The standard InChI is InChI=1S/C10H13NO2.ClH/c1-7-2-4-8(5-3-7)9(11)6-10(12)13;/h2-5,9H,6,11H2,1H3,(H,12,13);1H/t9-;/m0./s1. The molecule has 1 rings (SSSR count). The van der Waals surface area contributed by atoms with Gasteiger partial charge >= 0.3 is 5.97 Å². The van der Waals surface area contributed by atoms with E-state index in [0.717, 1.165) is 11.1 Å². The molecule has 78 valence electrons. The van der Waals surface area contributed by atoms with Gasteiger partial charge in [0.15, 0.2) is 0 Å².